The first-order chi connectivity index (χ1) is 11.3. The van der Waals surface area contributed by atoms with Crippen molar-refractivity contribution in [2.45, 2.75) is 26.0 Å². The summed E-state index contributed by atoms with van der Waals surface area (Å²) in [6, 6.07) is 12.3. The van der Waals surface area contributed by atoms with E-state index in [-0.39, 0.29) is 11.5 Å². The molecule has 1 N–H and O–H groups in total. The average molecular weight is 390 g/mol. The number of fused-ring (bicyclic) bond motifs is 1. The molecule has 1 aliphatic heterocycles. The Labute approximate surface area is 148 Å². The number of hydrogen-bond donors (Lipinski definition) is 1. The van der Waals surface area contributed by atoms with Gasteiger partial charge in [0.15, 0.2) is 5.60 Å². The number of carboxylic acids is 1. The highest BCUT2D eigenvalue weighted by Gasteiger charge is 2.41. The maximum Gasteiger partial charge on any atom is 0.335 e. The van der Waals surface area contributed by atoms with E-state index in [0.29, 0.717) is 18.0 Å². The number of halogens is 1. The van der Waals surface area contributed by atoms with Crippen molar-refractivity contribution in [3.8, 4) is 5.75 Å². The molecular formula is C18H16BrNO4. The lowest BCUT2D eigenvalue weighted by molar-refractivity contribution is -0.132. The first kappa shape index (κ1) is 16.5. The molecule has 6 heteroatoms. The molecule has 124 valence electrons. The number of nitrogens with zero attached hydrogens (tertiary/aromatic N) is 1. The van der Waals surface area contributed by atoms with Gasteiger partial charge in [-0.2, -0.15) is 0 Å². The van der Waals surface area contributed by atoms with Crippen molar-refractivity contribution in [2.75, 3.05) is 4.90 Å². The smallest absolute Gasteiger partial charge is 0.335 e. The fourth-order valence-electron chi connectivity index (χ4n) is 2.63. The van der Waals surface area contributed by atoms with Crippen molar-refractivity contribution in [3.63, 3.8) is 0 Å². The van der Waals surface area contributed by atoms with E-state index in [4.69, 9.17) is 9.84 Å². The molecule has 2 aromatic carbocycles. The Morgan fingerprint density at radius 2 is 1.88 bits per heavy atom. The van der Waals surface area contributed by atoms with E-state index in [1.165, 1.54) is 12.1 Å². The van der Waals surface area contributed by atoms with Crippen LogP contribution in [0, 0.1) is 0 Å². The van der Waals surface area contributed by atoms with Crippen molar-refractivity contribution in [1.82, 2.24) is 0 Å². The molecule has 5 nitrogen and oxygen atoms in total. The molecule has 0 aliphatic carbocycles. The summed E-state index contributed by atoms with van der Waals surface area (Å²) in [7, 11) is 0. The van der Waals surface area contributed by atoms with Crippen LogP contribution < -0.4 is 9.64 Å². The molecule has 0 spiro atoms. The molecule has 0 radical (unpaired) electrons. The second kappa shape index (κ2) is 5.94. The van der Waals surface area contributed by atoms with Gasteiger partial charge in [-0.1, -0.05) is 28.1 Å². The van der Waals surface area contributed by atoms with E-state index in [0.717, 1.165) is 10.0 Å². The van der Waals surface area contributed by atoms with Crippen LogP contribution in [0.15, 0.2) is 46.9 Å². The van der Waals surface area contributed by atoms with Crippen molar-refractivity contribution >= 4 is 33.5 Å². The number of benzene rings is 2. The maximum absolute atomic E-state index is 12.8. The molecule has 0 atom stereocenters. The third-order valence-electron chi connectivity index (χ3n) is 3.88. The minimum Gasteiger partial charge on any atom is -0.478 e. The molecule has 0 aromatic heterocycles. The first-order valence-corrected chi connectivity index (χ1v) is 8.20. The normalized spacial score (nSPS) is 15.6. The van der Waals surface area contributed by atoms with Crippen molar-refractivity contribution in [2.24, 2.45) is 0 Å². The molecule has 0 saturated carbocycles. The van der Waals surface area contributed by atoms with Gasteiger partial charge in [-0.05, 0) is 49.7 Å². The zero-order chi connectivity index (χ0) is 17.5. The van der Waals surface area contributed by atoms with Gasteiger partial charge in [-0.15, -0.1) is 0 Å². The van der Waals surface area contributed by atoms with Crippen molar-refractivity contribution in [1.29, 1.82) is 0 Å². The Morgan fingerprint density at radius 3 is 2.50 bits per heavy atom. The molecule has 3 rings (SSSR count). The highest BCUT2D eigenvalue weighted by atomic mass is 79.9. The fourth-order valence-corrected chi connectivity index (χ4v) is 2.90. The van der Waals surface area contributed by atoms with E-state index in [1.807, 2.05) is 24.3 Å². The van der Waals surface area contributed by atoms with Crippen LogP contribution in [0.3, 0.4) is 0 Å². The number of anilines is 1. The van der Waals surface area contributed by atoms with Gasteiger partial charge in [-0.25, -0.2) is 4.79 Å². The summed E-state index contributed by atoms with van der Waals surface area (Å²) in [6.45, 7) is 3.75. The van der Waals surface area contributed by atoms with Crippen LogP contribution in [0.25, 0.3) is 0 Å². The fraction of sp³-hybridized carbons (Fsp3) is 0.222. The SMILES string of the molecule is CC1(C)Oc2cc(C(=O)O)ccc2N(Cc2ccc(Br)cc2)C1=O. The van der Waals surface area contributed by atoms with Gasteiger partial charge in [0.2, 0.25) is 0 Å². The molecular weight excluding hydrogens is 374 g/mol. The van der Waals surface area contributed by atoms with Crippen LogP contribution in [0.2, 0.25) is 0 Å². The predicted octanol–water partition coefficient (Wildman–Crippen LogP) is 3.85. The zero-order valence-electron chi connectivity index (χ0n) is 13.2. The topological polar surface area (TPSA) is 66.8 Å². The Hall–Kier alpha value is -2.34. The Morgan fingerprint density at radius 1 is 1.21 bits per heavy atom. The third-order valence-corrected chi connectivity index (χ3v) is 4.41. The van der Waals surface area contributed by atoms with E-state index < -0.39 is 11.6 Å². The lowest BCUT2D eigenvalue weighted by atomic mass is 10.0. The van der Waals surface area contributed by atoms with Crippen LogP contribution in [0.4, 0.5) is 5.69 Å². The number of amides is 1. The monoisotopic (exact) mass is 389 g/mol. The summed E-state index contributed by atoms with van der Waals surface area (Å²) in [5.74, 6) is -0.798. The second-order valence-electron chi connectivity index (χ2n) is 6.12. The van der Waals surface area contributed by atoms with Gasteiger partial charge in [-0.3, -0.25) is 4.79 Å². The van der Waals surface area contributed by atoms with E-state index in [1.54, 1.807) is 24.8 Å². The Kier molecular flexibility index (Phi) is 4.09. The van der Waals surface area contributed by atoms with Crippen molar-refractivity contribution < 1.29 is 19.4 Å². The van der Waals surface area contributed by atoms with E-state index in [2.05, 4.69) is 15.9 Å². The van der Waals surface area contributed by atoms with Gasteiger partial charge >= 0.3 is 5.97 Å². The lowest BCUT2D eigenvalue weighted by Gasteiger charge is -2.39. The van der Waals surface area contributed by atoms with Gasteiger partial charge < -0.3 is 14.7 Å². The molecule has 24 heavy (non-hydrogen) atoms. The number of carbonyl (C=O) groups excluding carboxylic acids is 1. The highest BCUT2D eigenvalue weighted by Crippen LogP contribution is 2.39. The molecule has 1 amide bonds. The number of aromatic carboxylic acids is 1. The summed E-state index contributed by atoms with van der Waals surface area (Å²) >= 11 is 3.39. The molecule has 0 fully saturated rings. The van der Waals surface area contributed by atoms with Gasteiger partial charge in [0.05, 0.1) is 17.8 Å². The molecule has 0 saturated heterocycles. The number of rotatable bonds is 3. The maximum atomic E-state index is 12.8. The Balaban J connectivity index is 2.03. The van der Waals surface area contributed by atoms with Crippen LogP contribution in [0.5, 0.6) is 5.75 Å². The second-order valence-corrected chi connectivity index (χ2v) is 7.03. The van der Waals surface area contributed by atoms with Crippen LogP contribution >= 0.6 is 15.9 Å². The summed E-state index contributed by atoms with van der Waals surface area (Å²) in [5.41, 5.74) is 0.617. The minimum atomic E-state index is -1.06. The summed E-state index contributed by atoms with van der Waals surface area (Å²) in [6.07, 6.45) is 0. The van der Waals surface area contributed by atoms with E-state index in [9.17, 15) is 9.59 Å². The number of carbonyl (C=O) groups is 2. The minimum absolute atomic E-state index is 0.127. The number of ether oxygens (including phenoxy) is 1. The molecule has 0 bridgehead atoms. The summed E-state index contributed by atoms with van der Waals surface area (Å²) in [4.78, 5) is 25.6. The van der Waals surface area contributed by atoms with Crippen LogP contribution in [-0.2, 0) is 11.3 Å². The van der Waals surface area contributed by atoms with Crippen LogP contribution in [-0.4, -0.2) is 22.6 Å². The molecule has 1 aliphatic rings. The van der Waals surface area contributed by atoms with Gasteiger partial charge in [0.25, 0.3) is 5.91 Å². The Bertz CT molecular complexity index is 814. The number of carboxylic acid groups (broad SMARTS) is 1. The number of hydrogen-bond acceptors (Lipinski definition) is 3. The standard InChI is InChI=1S/C18H16BrNO4/c1-18(2)17(23)20(10-11-3-6-13(19)7-4-11)14-8-5-12(16(21)22)9-15(14)24-18/h3-9H,10H2,1-2H3,(H,21,22). The lowest BCUT2D eigenvalue weighted by Crippen LogP contribution is -2.52. The average Bonchev–Trinajstić information content (AvgIpc) is 2.52. The molecule has 1 heterocycles. The largest absolute Gasteiger partial charge is 0.478 e. The summed E-state index contributed by atoms with van der Waals surface area (Å²) in [5, 5.41) is 9.16. The predicted molar refractivity (Wildman–Crippen MR) is 93.4 cm³/mol. The molecule has 0 unspecified atom stereocenters. The quantitative estimate of drug-likeness (QED) is 0.865. The first-order valence-electron chi connectivity index (χ1n) is 7.41. The highest BCUT2D eigenvalue weighted by molar-refractivity contribution is 9.10. The van der Waals surface area contributed by atoms with Gasteiger partial charge in [0, 0.05) is 4.47 Å². The van der Waals surface area contributed by atoms with Gasteiger partial charge in [0.1, 0.15) is 5.75 Å². The molecule has 2 aromatic rings. The van der Waals surface area contributed by atoms with Crippen molar-refractivity contribution in [3.05, 3.63) is 58.1 Å². The third kappa shape index (κ3) is 3.01. The summed E-state index contributed by atoms with van der Waals surface area (Å²) < 4.78 is 6.71. The van der Waals surface area contributed by atoms with Crippen LogP contribution in [0.1, 0.15) is 29.8 Å². The van der Waals surface area contributed by atoms with E-state index >= 15 is 0 Å². The zero-order valence-corrected chi connectivity index (χ0v) is 14.8.